The summed E-state index contributed by atoms with van der Waals surface area (Å²) in [7, 11) is 1.45. The van der Waals surface area contributed by atoms with Gasteiger partial charge in [0, 0.05) is 18.8 Å². The fourth-order valence-electron chi connectivity index (χ4n) is 0.794. The number of aromatic nitrogens is 2. The summed E-state index contributed by atoms with van der Waals surface area (Å²) in [6.07, 6.45) is 0.672. The quantitative estimate of drug-likeness (QED) is 0.600. The summed E-state index contributed by atoms with van der Waals surface area (Å²) < 4.78 is 1.04. The standard InChI is InChI=1S/C7H10N2O2/c1-3-5-4-6(10)9(2)7(11)8-5/h4H,3H2,1-2H3,(H,8,11). The highest BCUT2D eigenvalue weighted by molar-refractivity contribution is 4.98. The Bertz CT molecular complexity index is 330. The topological polar surface area (TPSA) is 54.9 Å². The molecule has 0 saturated heterocycles. The minimum Gasteiger partial charge on any atom is -0.311 e. The first-order valence-corrected chi connectivity index (χ1v) is 3.44. The first-order chi connectivity index (χ1) is 5.15. The van der Waals surface area contributed by atoms with E-state index in [1.807, 2.05) is 6.92 Å². The van der Waals surface area contributed by atoms with Gasteiger partial charge in [-0.05, 0) is 6.42 Å². The third-order valence-corrected chi connectivity index (χ3v) is 1.58. The minimum atomic E-state index is -0.352. The van der Waals surface area contributed by atoms with E-state index < -0.39 is 0 Å². The predicted octanol–water partition coefficient (Wildman–Crippen LogP) is -0.364. The van der Waals surface area contributed by atoms with Crippen molar-refractivity contribution in [3.8, 4) is 0 Å². The van der Waals surface area contributed by atoms with E-state index in [2.05, 4.69) is 4.98 Å². The average Bonchev–Trinajstić information content (AvgIpc) is 1.99. The van der Waals surface area contributed by atoms with Gasteiger partial charge < -0.3 is 4.98 Å². The summed E-state index contributed by atoms with van der Waals surface area (Å²) in [5.41, 5.74) is 0.0676. The molecular weight excluding hydrogens is 144 g/mol. The van der Waals surface area contributed by atoms with E-state index in [1.165, 1.54) is 13.1 Å². The van der Waals surface area contributed by atoms with Crippen LogP contribution in [0.2, 0.25) is 0 Å². The smallest absolute Gasteiger partial charge is 0.311 e. The lowest BCUT2D eigenvalue weighted by molar-refractivity contribution is 0.755. The molecule has 0 aliphatic rings. The summed E-state index contributed by atoms with van der Waals surface area (Å²) in [5.74, 6) is 0. The number of rotatable bonds is 1. The SMILES string of the molecule is CCc1cc(=O)n(C)c(=O)[nH]1. The van der Waals surface area contributed by atoms with Gasteiger partial charge in [-0.1, -0.05) is 6.92 Å². The molecule has 0 saturated carbocycles. The second kappa shape index (κ2) is 2.74. The molecule has 1 rings (SSSR count). The van der Waals surface area contributed by atoms with Crippen molar-refractivity contribution in [3.05, 3.63) is 32.6 Å². The van der Waals surface area contributed by atoms with Gasteiger partial charge in [0.05, 0.1) is 0 Å². The summed E-state index contributed by atoms with van der Waals surface area (Å²) in [6, 6.07) is 1.43. The fourth-order valence-corrected chi connectivity index (χ4v) is 0.794. The van der Waals surface area contributed by atoms with Crippen LogP contribution in [0.4, 0.5) is 0 Å². The van der Waals surface area contributed by atoms with Crippen LogP contribution in [0.1, 0.15) is 12.6 Å². The maximum absolute atomic E-state index is 11.0. The molecule has 60 valence electrons. The first kappa shape index (κ1) is 7.78. The molecule has 0 aromatic carbocycles. The van der Waals surface area contributed by atoms with Gasteiger partial charge in [-0.2, -0.15) is 0 Å². The maximum Gasteiger partial charge on any atom is 0.328 e. The summed E-state index contributed by atoms with van der Waals surface area (Å²) in [6.45, 7) is 1.88. The lowest BCUT2D eigenvalue weighted by atomic mass is 10.3. The highest BCUT2D eigenvalue weighted by atomic mass is 16.2. The average molecular weight is 154 g/mol. The lowest BCUT2D eigenvalue weighted by Crippen LogP contribution is -2.32. The van der Waals surface area contributed by atoms with Crippen LogP contribution in [0.25, 0.3) is 0 Å². The number of H-pyrrole nitrogens is 1. The van der Waals surface area contributed by atoms with Crippen molar-refractivity contribution in [2.45, 2.75) is 13.3 Å². The van der Waals surface area contributed by atoms with Gasteiger partial charge in [0.1, 0.15) is 0 Å². The van der Waals surface area contributed by atoms with Crippen LogP contribution in [-0.4, -0.2) is 9.55 Å². The molecule has 0 fully saturated rings. The Morgan fingerprint density at radius 2 is 2.18 bits per heavy atom. The van der Waals surface area contributed by atoms with Crippen molar-refractivity contribution in [2.75, 3.05) is 0 Å². The molecule has 0 amide bonds. The van der Waals surface area contributed by atoms with Crippen molar-refractivity contribution < 1.29 is 0 Å². The molecule has 0 bridgehead atoms. The van der Waals surface area contributed by atoms with Crippen molar-refractivity contribution in [2.24, 2.45) is 7.05 Å². The molecular formula is C7H10N2O2. The third-order valence-electron chi connectivity index (χ3n) is 1.58. The summed E-state index contributed by atoms with van der Waals surface area (Å²) >= 11 is 0. The molecule has 0 atom stereocenters. The van der Waals surface area contributed by atoms with Crippen LogP contribution in [0.15, 0.2) is 15.7 Å². The number of hydrogen-bond donors (Lipinski definition) is 1. The molecule has 0 spiro atoms. The number of aromatic amines is 1. The number of nitrogens with zero attached hydrogens (tertiary/aromatic N) is 1. The van der Waals surface area contributed by atoms with E-state index in [0.29, 0.717) is 12.1 Å². The van der Waals surface area contributed by atoms with Crippen molar-refractivity contribution in [3.63, 3.8) is 0 Å². The van der Waals surface area contributed by atoms with Gasteiger partial charge in [0.25, 0.3) is 5.56 Å². The van der Waals surface area contributed by atoms with Gasteiger partial charge in [0.15, 0.2) is 0 Å². The molecule has 4 heteroatoms. The van der Waals surface area contributed by atoms with E-state index in [0.717, 1.165) is 4.57 Å². The van der Waals surface area contributed by atoms with Gasteiger partial charge in [-0.25, -0.2) is 4.79 Å². The minimum absolute atomic E-state index is 0.259. The molecule has 0 aliphatic heterocycles. The van der Waals surface area contributed by atoms with Crippen LogP contribution >= 0.6 is 0 Å². The highest BCUT2D eigenvalue weighted by Gasteiger charge is 1.96. The van der Waals surface area contributed by atoms with E-state index in [-0.39, 0.29) is 11.2 Å². The highest BCUT2D eigenvalue weighted by Crippen LogP contribution is 1.84. The molecule has 1 N–H and O–H groups in total. The molecule has 0 unspecified atom stereocenters. The molecule has 0 aliphatic carbocycles. The molecule has 0 radical (unpaired) electrons. The molecule has 11 heavy (non-hydrogen) atoms. The Kier molecular flexibility index (Phi) is 1.94. The summed E-state index contributed by atoms with van der Waals surface area (Å²) in [5, 5.41) is 0. The second-order valence-corrected chi connectivity index (χ2v) is 2.35. The van der Waals surface area contributed by atoms with Crippen LogP contribution < -0.4 is 11.2 Å². The largest absolute Gasteiger partial charge is 0.328 e. The van der Waals surface area contributed by atoms with Crippen LogP contribution in [0.3, 0.4) is 0 Å². The first-order valence-electron chi connectivity index (χ1n) is 3.44. The van der Waals surface area contributed by atoms with Gasteiger partial charge in [0.2, 0.25) is 0 Å². The monoisotopic (exact) mass is 154 g/mol. The Morgan fingerprint density at radius 3 is 2.64 bits per heavy atom. The zero-order chi connectivity index (χ0) is 8.43. The van der Waals surface area contributed by atoms with E-state index in [1.54, 1.807) is 0 Å². The van der Waals surface area contributed by atoms with Crippen molar-refractivity contribution >= 4 is 0 Å². The normalized spacial score (nSPS) is 10.0. The molecule has 1 aromatic heterocycles. The zero-order valence-electron chi connectivity index (χ0n) is 6.55. The predicted molar refractivity (Wildman–Crippen MR) is 41.7 cm³/mol. The van der Waals surface area contributed by atoms with Gasteiger partial charge in [-0.3, -0.25) is 9.36 Å². The third kappa shape index (κ3) is 1.39. The van der Waals surface area contributed by atoms with Gasteiger partial charge >= 0.3 is 5.69 Å². The Balaban J connectivity index is 3.45. The van der Waals surface area contributed by atoms with E-state index in [9.17, 15) is 9.59 Å². The van der Waals surface area contributed by atoms with Gasteiger partial charge in [-0.15, -0.1) is 0 Å². The number of aryl methyl sites for hydroxylation is 1. The lowest BCUT2D eigenvalue weighted by Gasteiger charge is -1.97. The van der Waals surface area contributed by atoms with Crippen LogP contribution in [0, 0.1) is 0 Å². The second-order valence-electron chi connectivity index (χ2n) is 2.35. The molecule has 4 nitrogen and oxygen atoms in total. The zero-order valence-corrected chi connectivity index (χ0v) is 6.55. The Morgan fingerprint density at radius 1 is 1.55 bits per heavy atom. The summed E-state index contributed by atoms with van der Waals surface area (Å²) in [4.78, 5) is 24.5. The van der Waals surface area contributed by atoms with Crippen molar-refractivity contribution in [1.82, 2.24) is 9.55 Å². The Labute approximate surface area is 63.5 Å². The number of hydrogen-bond acceptors (Lipinski definition) is 2. The molecule has 1 aromatic rings. The van der Waals surface area contributed by atoms with Crippen molar-refractivity contribution in [1.29, 1.82) is 0 Å². The van der Waals surface area contributed by atoms with E-state index in [4.69, 9.17) is 0 Å². The molecule has 1 heterocycles. The number of nitrogens with one attached hydrogen (secondary N) is 1. The van der Waals surface area contributed by atoms with Crippen LogP contribution in [0.5, 0.6) is 0 Å². The van der Waals surface area contributed by atoms with Crippen LogP contribution in [-0.2, 0) is 13.5 Å². The Hall–Kier alpha value is -1.32. The van der Waals surface area contributed by atoms with E-state index >= 15 is 0 Å². The maximum atomic E-state index is 11.0. The fraction of sp³-hybridized carbons (Fsp3) is 0.429.